The van der Waals surface area contributed by atoms with Gasteiger partial charge in [0.05, 0.1) is 13.2 Å². The van der Waals surface area contributed by atoms with Gasteiger partial charge in [0.2, 0.25) is 0 Å². The summed E-state index contributed by atoms with van der Waals surface area (Å²) in [5.74, 6) is -2.28. The van der Waals surface area contributed by atoms with Crippen LogP contribution in [-0.2, 0) is 70.7 Å². The van der Waals surface area contributed by atoms with E-state index in [0.29, 0.717) is 44.4 Å². The fourth-order valence-corrected chi connectivity index (χ4v) is 16.6. The number of aliphatic hydroxyl groups is 9. The molecule has 0 bridgehead atoms. The van der Waals surface area contributed by atoms with E-state index in [0.717, 1.165) is 154 Å². The Morgan fingerprint density at radius 2 is 0.686 bits per heavy atom. The van der Waals surface area contributed by atoms with Gasteiger partial charge < -0.3 is 88.7 Å². The van der Waals surface area contributed by atoms with Crippen molar-refractivity contribution in [2.24, 2.45) is 5.92 Å². The van der Waals surface area contributed by atoms with Gasteiger partial charge in [0.1, 0.15) is 92.6 Å². The topological polar surface area (TPSA) is 380 Å². The molecule has 26 heteroatoms. The van der Waals surface area contributed by atoms with Crippen molar-refractivity contribution >= 4 is 31.7 Å². The number of allylic oxidation sites excluding steroid dienone is 4. The molecule has 2 aliphatic heterocycles. The first kappa shape index (κ1) is 109. The van der Waals surface area contributed by atoms with Crippen molar-refractivity contribution in [3.8, 4) is 0 Å². The number of phosphoric acid groups is 1. The molecule has 3 aliphatic rings. The van der Waals surface area contributed by atoms with Crippen molar-refractivity contribution in [1.29, 1.82) is 0 Å². The smallest absolute Gasteiger partial charge is 0.463 e. The van der Waals surface area contributed by atoms with Crippen LogP contribution >= 0.6 is 7.82 Å². The molecule has 0 aromatic rings. The molecule has 1 saturated carbocycles. The van der Waals surface area contributed by atoms with E-state index in [1.165, 1.54) is 148 Å². The number of ether oxygens (including phenoxy) is 8. The van der Waals surface area contributed by atoms with Crippen LogP contribution in [0.15, 0.2) is 24.3 Å². The molecule has 692 valence electrons. The molecule has 3 rings (SSSR count). The van der Waals surface area contributed by atoms with Crippen LogP contribution in [0.3, 0.4) is 0 Å². The van der Waals surface area contributed by atoms with Gasteiger partial charge in [-0.2, -0.15) is 0 Å². The second-order valence-corrected chi connectivity index (χ2v) is 35.6. The average molecular weight is 1710 g/mol. The third kappa shape index (κ3) is 50.2. The van der Waals surface area contributed by atoms with Crippen LogP contribution in [0.2, 0.25) is 0 Å². The molecule has 0 aromatic carbocycles. The van der Waals surface area contributed by atoms with Gasteiger partial charge in [0.25, 0.3) is 0 Å². The Kier molecular flexibility index (Phi) is 64.9. The monoisotopic (exact) mass is 1710 g/mol. The van der Waals surface area contributed by atoms with Crippen molar-refractivity contribution in [2.45, 2.75) is 505 Å². The van der Waals surface area contributed by atoms with Crippen LogP contribution < -0.4 is 0 Å². The predicted molar refractivity (Wildman–Crippen MR) is 458 cm³/mol. The van der Waals surface area contributed by atoms with Gasteiger partial charge in [-0.1, -0.05) is 322 Å². The van der Waals surface area contributed by atoms with Crippen molar-refractivity contribution in [2.75, 3.05) is 26.4 Å². The zero-order valence-electron chi connectivity index (χ0n) is 73.9. The largest absolute Gasteiger partial charge is 0.472 e. The molecule has 25 nitrogen and oxygen atoms in total. The molecule has 0 spiro atoms. The van der Waals surface area contributed by atoms with Crippen molar-refractivity contribution < 1.29 is 122 Å². The van der Waals surface area contributed by atoms with Gasteiger partial charge in [-0.15, -0.1) is 0 Å². The van der Waals surface area contributed by atoms with E-state index in [2.05, 4.69) is 58.9 Å². The first-order valence-electron chi connectivity index (χ1n) is 47.5. The number of hydrogen-bond acceptors (Lipinski definition) is 24. The summed E-state index contributed by atoms with van der Waals surface area (Å²) in [4.78, 5) is 66.5. The first-order valence-corrected chi connectivity index (χ1v) is 49.0. The summed E-state index contributed by atoms with van der Waals surface area (Å²) >= 11 is 0. The Morgan fingerprint density at radius 1 is 0.356 bits per heavy atom. The highest BCUT2D eigenvalue weighted by Crippen LogP contribution is 2.49. The van der Waals surface area contributed by atoms with Crippen molar-refractivity contribution in [1.82, 2.24) is 0 Å². The summed E-state index contributed by atoms with van der Waals surface area (Å²) in [7, 11) is -5.81. The third-order valence-electron chi connectivity index (χ3n) is 23.3. The summed E-state index contributed by atoms with van der Waals surface area (Å²) < 4.78 is 73.5. The van der Waals surface area contributed by atoms with Gasteiger partial charge >= 0.3 is 31.7 Å². The minimum atomic E-state index is -5.81. The van der Waals surface area contributed by atoms with Crippen molar-refractivity contribution in [3.63, 3.8) is 0 Å². The lowest BCUT2D eigenvalue weighted by Gasteiger charge is -2.50. The van der Waals surface area contributed by atoms with E-state index in [-0.39, 0.29) is 25.7 Å². The molecule has 3 fully saturated rings. The number of unbranched alkanes of at least 4 members (excludes halogenated alkanes) is 44. The van der Waals surface area contributed by atoms with E-state index in [4.69, 9.17) is 46.9 Å². The summed E-state index contributed by atoms with van der Waals surface area (Å²) in [6.45, 7) is 7.91. The third-order valence-corrected chi connectivity index (χ3v) is 24.3. The van der Waals surface area contributed by atoms with Crippen LogP contribution in [-0.4, -0.2) is 205 Å². The average Bonchev–Trinajstić information content (AvgIpc) is 0.753. The highest BCUT2D eigenvalue weighted by molar-refractivity contribution is 7.47. The number of rotatable bonds is 76. The molecule has 19 atom stereocenters. The maximum atomic E-state index is 14.9. The molecule has 10 N–H and O–H groups in total. The molecular weight excluding hydrogens is 1540 g/mol. The molecule has 19 unspecified atom stereocenters. The lowest BCUT2D eigenvalue weighted by molar-refractivity contribution is -0.360. The molecule has 1 aliphatic carbocycles. The van der Waals surface area contributed by atoms with E-state index in [1.807, 2.05) is 0 Å². The Balaban J connectivity index is 1.93. The standard InChI is InChI=1S/C92H169O25P/c1-6-10-14-18-22-25-28-31-33-36-39-42-45-53-59-65-77(96)111-72(68-108-75(94)63-57-52-48-47-50-56-62-71(5)61-55-49-21-17-13-9-4)69-110-118(106,107)117-90-88(115-91-85(104)81(100)79(98)73(67-93)112-91)84(103)83(102)87(114-78(97)66-60-54-46-43-40-37-34-32-29-26-23-19-15-11-7-2)89(90)116-92-86(105)82(101)80(99)74(113-92)70-109-76(95)64-58-51-44-41-38-35-30-27-24-20-16-12-8-3/h25-26,28-29,71-74,79-93,98-105H,6-24,27,30-70H2,1-5H3,(H,106,107)/b28-25-,29-26-. The molecule has 118 heavy (non-hydrogen) atoms. The fraction of sp³-hybridized carbons (Fsp3) is 0.913. The van der Waals surface area contributed by atoms with Crippen LogP contribution in [0.25, 0.3) is 0 Å². The Hall–Kier alpha value is -3.05. The minimum Gasteiger partial charge on any atom is -0.463 e. The molecular formula is C92H169O25P. The highest BCUT2D eigenvalue weighted by atomic mass is 31.2. The lowest BCUT2D eigenvalue weighted by Crippen LogP contribution is -2.70. The van der Waals surface area contributed by atoms with Gasteiger partial charge in [-0.05, 0) is 83.0 Å². The fourth-order valence-electron chi connectivity index (χ4n) is 15.7. The Bertz CT molecular complexity index is 2570. The molecule has 0 radical (unpaired) electrons. The first-order chi connectivity index (χ1) is 57.1. The number of hydrogen-bond donors (Lipinski definition) is 10. The molecule has 0 aromatic heterocycles. The van der Waals surface area contributed by atoms with Crippen LogP contribution in [0.4, 0.5) is 0 Å². The summed E-state index contributed by atoms with van der Waals surface area (Å²) in [5, 5.41) is 102. The maximum Gasteiger partial charge on any atom is 0.472 e. The van der Waals surface area contributed by atoms with Gasteiger partial charge in [-0.25, -0.2) is 4.57 Å². The predicted octanol–water partition coefficient (Wildman–Crippen LogP) is 17.6. The van der Waals surface area contributed by atoms with E-state index >= 15 is 0 Å². The minimum absolute atomic E-state index is 0.0162. The van der Waals surface area contributed by atoms with Crippen LogP contribution in [0.1, 0.15) is 401 Å². The van der Waals surface area contributed by atoms with Gasteiger partial charge in [0, 0.05) is 25.7 Å². The maximum absolute atomic E-state index is 14.9. The summed E-state index contributed by atoms with van der Waals surface area (Å²) in [5.41, 5.74) is 0. The number of carbonyl (C=O) groups is 4. The van der Waals surface area contributed by atoms with Gasteiger partial charge in [-0.3, -0.25) is 28.2 Å². The second kappa shape index (κ2) is 70.2. The number of phosphoric ester groups is 1. The van der Waals surface area contributed by atoms with Gasteiger partial charge in [0.15, 0.2) is 24.8 Å². The number of carbonyl (C=O) groups excluding carboxylic acids is 4. The zero-order chi connectivity index (χ0) is 86.2. The molecule has 2 heterocycles. The zero-order valence-corrected chi connectivity index (χ0v) is 74.8. The lowest BCUT2D eigenvalue weighted by atomic mass is 9.84. The van der Waals surface area contributed by atoms with E-state index < -0.39 is 162 Å². The summed E-state index contributed by atoms with van der Waals surface area (Å²) in [6, 6.07) is 0. The Morgan fingerprint density at radius 3 is 1.10 bits per heavy atom. The number of esters is 4. The van der Waals surface area contributed by atoms with Crippen molar-refractivity contribution in [3.05, 3.63) is 24.3 Å². The van der Waals surface area contributed by atoms with Crippen LogP contribution in [0.5, 0.6) is 0 Å². The SMILES string of the molecule is CCCCCC/C=C\CCCCCCCCCC(=O)OC(COC(=O)CCCCCCCCC(C)CCCCCCCC)COP(=O)(O)OC1C(OC2OC(CO)C(O)C(O)C2O)C(O)C(O)C(OC(=O)CCCCCCCCC/C=C\CCCCCC)C1OC1OC(COC(=O)CCCCCCCCCCCCCCC)C(O)C(O)C1O. The van der Waals surface area contributed by atoms with E-state index in [1.54, 1.807) is 0 Å². The normalized spacial score (nSPS) is 25.3. The number of aliphatic hydroxyl groups excluding tert-OH is 9. The second-order valence-electron chi connectivity index (χ2n) is 34.1. The molecule has 2 saturated heterocycles. The van der Waals surface area contributed by atoms with E-state index in [9.17, 15) is 74.6 Å². The quantitative estimate of drug-likeness (QED) is 0.00889. The summed E-state index contributed by atoms with van der Waals surface area (Å²) in [6.07, 6.45) is 28.8. The highest BCUT2D eigenvalue weighted by Gasteiger charge is 2.60. The van der Waals surface area contributed by atoms with Crippen LogP contribution in [0, 0.1) is 5.92 Å². The Labute approximate surface area is 711 Å². The molecule has 0 amide bonds.